The summed E-state index contributed by atoms with van der Waals surface area (Å²) in [6.07, 6.45) is 6.79. The Labute approximate surface area is 112 Å². The van der Waals surface area contributed by atoms with Crippen LogP contribution in [0.3, 0.4) is 0 Å². The maximum atomic E-state index is 9.47. The molecule has 2 nitrogen and oxygen atoms in total. The van der Waals surface area contributed by atoms with Crippen molar-refractivity contribution < 1.29 is 5.11 Å². The molecule has 17 heavy (non-hydrogen) atoms. The van der Waals surface area contributed by atoms with Gasteiger partial charge in [0.05, 0.1) is 4.47 Å². The predicted octanol–water partition coefficient (Wildman–Crippen LogP) is 3.92. The lowest BCUT2D eigenvalue weighted by Gasteiger charge is -2.31. The van der Waals surface area contributed by atoms with E-state index in [0.29, 0.717) is 5.75 Å². The highest BCUT2D eigenvalue weighted by molar-refractivity contribution is 9.10. The van der Waals surface area contributed by atoms with Gasteiger partial charge in [-0.25, -0.2) is 0 Å². The van der Waals surface area contributed by atoms with E-state index >= 15 is 0 Å². The summed E-state index contributed by atoms with van der Waals surface area (Å²) in [6.45, 7) is 0.962. The highest BCUT2D eigenvalue weighted by Crippen LogP contribution is 2.26. The third-order valence-corrected chi connectivity index (χ3v) is 4.28. The first kappa shape index (κ1) is 12.9. The van der Waals surface area contributed by atoms with Gasteiger partial charge in [0.15, 0.2) is 0 Å². The molecule has 0 aromatic heterocycles. The number of phenolic OH excluding ortho intramolecular Hbond substituents is 1. The lowest BCUT2D eigenvalue weighted by atomic mass is 9.94. The molecular weight excluding hydrogens is 278 g/mol. The first-order chi connectivity index (χ1) is 8.16. The molecule has 94 valence electrons. The van der Waals surface area contributed by atoms with Gasteiger partial charge in [-0.15, -0.1) is 0 Å². The average molecular weight is 298 g/mol. The van der Waals surface area contributed by atoms with E-state index in [-0.39, 0.29) is 0 Å². The van der Waals surface area contributed by atoms with E-state index in [1.54, 1.807) is 6.07 Å². The smallest absolute Gasteiger partial charge is 0.129 e. The molecule has 1 N–H and O–H groups in total. The Balaban J connectivity index is 1.96. The Bertz CT molecular complexity index is 374. The van der Waals surface area contributed by atoms with Gasteiger partial charge >= 0.3 is 0 Å². The van der Waals surface area contributed by atoms with E-state index in [0.717, 1.165) is 17.1 Å². The molecule has 0 saturated heterocycles. The molecule has 1 saturated carbocycles. The molecule has 0 amide bonds. The Kier molecular flexibility index (Phi) is 4.46. The Morgan fingerprint density at radius 3 is 2.65 bits per heavy atom. The molecule has 0 radical (unpaired) electrons. The number of nitrogens with zero attached hydrogens (tertiary/aromatic N) is 1. The van der Waals surface area contributed by atoms with Crippen molar-refractivity contribution in [1.82, 2.24) is 4.90 Å². The summed E-state index contributed by atoms with van der Waals surface area (Å²) in [5, 5.41) is 9.47. The summed E-state index contributed by atoms with van der Waals surface area (Å²) < 4.78 is 0.784. The van der Waals surface area contributed by atoms with Crippen LogP contribution >= 0.6 is 15.9 Å². The second kappa shape index (κ2) is 5.87. The van der Waals surface area contributed by atoms with Crippen molar-refractivity contribution in [1.29, 1.82) is 0 Å². The van der Waals surface area contributed by atoms with Crippen molar-refractivity contribution in [3.05, 3.63) is 28.2 Å². The first-order valence-electron chi connectivity index (χ1n) is 6.34. The minimum Gasteiger partial charge on any atom is -0.507 e. The molecule has 0 bridgehead atoms. The molecule has 2 rings (SSSR count). The van der Waals surface area contributed by atoms with Crippen LogP contribution in [0.1, 0.15) is 37.7 Å². The van der Waals surface area contributed by atoms with Gasteiger partial charge in [0.25, 0.3) is 0 Å². The van der Waals surface area contributed by atoms with Gasteiger partial charge in [-0.1, -0.05) is 25.3 Å². The van der Waals surface area contributed by atoms with Gasteiger partial charge in [0.1, 0.15) is 5.75 Å². The van der Waals surface area contributed by atoms with Gasteiger partial charge in [0, 0.05) is 12.6 Å². The lowest BCUT2D eigenvalue weighted by Crippen LogP contribution is -2.32. The van der Waals surface area contributed by atoms with Crippen LogP contribution in [-0.4, -0.2) is 23.1 Å². The van der Waals surface area contributed by atoms with Crippen LogP contribution < -0.4 is 0 Å². The van der Waals surface area contributed by atoms with Crippen LogP contribution in [0.15, 0.2) is 22.7 Å². The minimum atomic E-state index is 0.314. The Hall–Kier alpha value is -0.540. The number of rotatable bonds is 3. The van der Waals surface area contributed by atoms with Crippen molar-refractivity contribution in [2.75, 3.05) is 7.05 Å². The molecule has 1 aliphatic carbocycles. The molecule has 0 atom stereocenters. The van der Waals surface area contributed by atoms with Crippen molar-refractivity contribution in [3.63, 3.8) is 0 Å². The van der Waals surface area contributed by atoms with Gasteiger partial charge in [-0.05, 0) is 53.5 Å². The SMILES string of the molecule is CN(Cc1ccc(O)c(Br)c1)C1CCCCC1. The molecular formula is C14H20BrNO. The normalized spacial score (nSPS) is 17.6. The maximum absolute atomic E-state index is 9.47. The fourth-order valence-corrected chi connectivity index (χ4v) is 3.01. The van der Waals surface area contributed by atoms with Crippen molar-refractivity contribution in [3.8, 4) is 5.75 Å². The molecule has 0 unspecified atom stereocenters. The van der Waals surface area contributed by atoms with E-state index in [2.05, 4.69) is 27.9 Å². The van der Waals surface area contributed by atoms with Crippen molar-refractivity contribution in [2.45, 2.75) is 44.7 Å². The number of halogens is 1. The van der Waals surface area contributed by atoms with Gasteiger partial charge in [-0.2, -0.15) is 0 Å². The van der Waals surface area contributed by atoms with Crippen LogP contribution in [0.25, 0.3) is 0 Å². The molecule has 1 aromatic rings. The number of hydrogen-bond donors (Lipinski definition) is 1. The maximum Gasteiger partial charge on any atom is 0.129 e. The van der Waals surface area contributed by atoms with Crippen molar-refractivity contribution in [2.24, 2.45) is 0 Å². The van der Waals surface area contributed by atoms with E-state index in [1.807, 2.05) is 12.1 Å². The van der Waals surface area contributed by atoms with Crippen LogP contribution in [0.2, 0.25) is 0 Å². The standard InChI is InChI=1S/C14H20BrNO/c1-16(12-5-3-2-4-6-12)10-11-7-8-14(17)13(15)9-11/h7-9,12,17H,2-6,10H2,1H3. The quantitative estimate of drug-likeness (QED) is 0.914. The number of benzene rings is 1. The monoisotopic (exact) mass is 297 g/mol. The summed E-state index contributed by atoms with van der Waals surface area (Å²) in [7, 11) is 2.21. The zero-order chi connectivity index (χ0) is 12.3. The third-order valence-electron chi connectivity index (χ3n) is 3.64. The molecule has 0 aliphatic heterocycles. The molecule has 3 heteroatoms. The van der Waals surface area contributed by atoms with Crippen LogP contribution in [-0.2, 0) is 6.54 Å². The number of hydrogen-bond acceptors (Lipinski definition) is 2. The van der Waals surface area contributed by atoms with Gasteiger partial charge in [-0.3, -0.25) is 4.90 Å². The summed E-state index contributed by atoms with van der Waals surface area (Å²) in [5.41, 5.74) is 1.25. The predicted molar refractivity (Wildman–Crippen MR) is 74.1 cm³/mol. The zero-order valence-electron chi connectivity index (χ0n) is 10.3. The van der Waals surface area contributed by atoms with Gasteiger partial charge < -0.3 is 5.11 Å². The highest BCUT2D eigenvalue weighted by Gasteiger charge is 2.18. The summed E-state index contributed by atoms with van der Waals surface area (Å²) in [4.78, 5) is 2.44. The van der Waals surface area contributed by atoms with Crippen LogP contribution in [0.4, 0.5) is 0 Å². The largest absolute Gasteiger partial charge is 0.507 e. The fraction of sp³-hybridized carbons (Fsp3) is 0.571. The van der Waals surface area contributed by atoms with Crippen LogP contribution in [0, 0.1) is 0 Å². The molecule has 0 spiro atoms. The summed E-state index contributed by atoms with van der Waals surface area (Å²) in [5.74, 6) is 0.314. The number of phenols is 1. The third kappa shape index (κ3) is 3.46. The van der Waals surface area contributed by atoms with Crippen LogP contribution in [0.5, 0.6) is 5.75 Å². The summed E-state index contributed by atoms with van der Waals surface area (Å²) >= 11 is 3.36. The second-order valence-corrected chi connectivity index (χ2v) is 5.85. The van der Waals surface area contributed by atoms with E-state index < -0.39 is 0 Å². The Morgan fingerprint density at radius 2 is 2.00 bits per heavy atom. The van der Waals surface area contributed by atoms with E-state index in [1.165, 1.54) is 37.7 Å². The minimum absolute atomic E-state index is 0.314. The fourth-order valence-electron chi connectivity index (χ4n) is 2.59. The highest BCUT2D eigenvalue weighted by atomic mass is 79.9. The second-order valence-electron chi connectivity index (χ2n) is 4.99. The molecule has 0 heterocycles. The molecule has 1 aromatic carbocycles. The van der Waals surface area contributed by atoms with E-state index in [4.69, 9.17) is 0 Å². The van der Waals surface area contributed by atoms with Crippen molar-refractivity contribution >= 4 is 15.9 Å². The molecule has 1 fully saturated rings. The number of aromatic hydroxyl groups is 1. The average Bonchev–Trinajstić information content (AvgIpc) is 2.35. The topological polar surface area (TPSA) is 23.5 Å². The Morgan fingerprint density at radius 1 is 1.29 bits per heavy atom. The summed E-state index contributed by atoms with van der Waals surface area (Å²) in [6, 6.07) is 6.50. The zero-order valence-corrected chi connectivity index (χ0v) is 11.9. The van der Waals surface area contributed by atoms with Gasteiger partial charge in [0.2, 0.25) is 0 Å². The first-order valence-corrected chi connectivity index (χ1v) is 7.14. The molecule has 1 aliphatic rings. The lowest BCUT2D eigenvalue weighted by molar-refractivity contribution is 0.184. The van der Waals surface area contributed by atoms with E-state index in [9.17, 15) is 5.11 Å².